The van der Waals surface area contributed by atoms with Crippen LogP contribution in [0.15, 0.2) is 47.9 Å². The van der Waals surface area contributed by atoms with Crippen LogP contribution in [0, 0.1) is 11.3 Å². The number of nitrogens with two attached hydrogens (primary N) is 1. The predicted octanol–water partition coefficient (Wildman–Crippen LogP) is 3.03. The van der Waals surface area contributed by atoms with Crippen molar-refractivity contribution in [2.45, 2.75) is 5.92 Å². The number of nitriles is 1. The number of aromatic amines is 1. The fraction of sp³-hybridized carbons (Fsp3) is 0.182. The number of nitrogens with zero attached hydrogens (tertiary/aromatic N) is 2. The molecule has 0 amide bonds. The number of benzene rings is 2. The number of hydrogen-bond donors (Lipinski definition) is 3. The molecule has 1 aliphatic rings. The molecule has 1 atom stereocenters. The highest BCUT2D eigenvalue weighted by Crippen LogP contribution is 2.49. The van der Waals surface area contributed by atoms with Crippen LogP contribution in [0.1, 0.15) is 17.0 Å². The minimum Gasteiger partial charge on any atom is -0.502 e. The van der Waals surface area contributed by atoms with Gasteiger partial charge in [0.05, 0.1) is 38.5 Å². The highest BCUT2D eigenvalue weighted by atomic mass is 16.5. The molecule has 4 rings (SSSR count). The smallest absolute Gasteiger partial charge is 0.244 e. The van der Waals surface area contributed by atoms with Crippen LogP contribution in [0.3, 0.4) is 0 Å². The van der Waals surface area contributed by atoms with Crippen LogP contribution in [0.2, 0.25) is 0 Å². The van der Waals surface area contributed by atoms with Gasteiger partial charge in [0, 0.05) is 5.56 Å². The molecule has 1 aliphatic heterocycles. The lowest BCUT2D eigenvalue weighted by Gasteiger charge is -2.25. The number of H-pyrrole nitrogens is 1. The van der Waals surface area contributed by atoms with Crippen LogP contribution in [0.5, 0.6) is 28.9 Å². The number of phenols is 1. The van der Waals surface area contributed by atoms with E-state index in [0.717, 1.165) is 5.56 Å². The third kappa shape index (κ3) is 3.24. The lowest BCUT2D eigenvalue weighted by Crippen LogP contribution is -2.21. The number of nitrogens with one attached hydrogen (secondary N) is 1. The molecule has 31 heavy (non-hydrogen) atoms. The van der Waals surface area contributed by atoms with Crippen molar-refractivity contribution in [3.05, 3.63) is 59.0 Å². The summed E-state index contributed by atoms with van der Waals surface area (Å²) in [6, 6.07) is 12.8. The zero-order chi connectivity index (χ0) is 22.1. The van der Waals surface area contributed by atoms with E-state index in [9.17, 15) is 10.4 Å². The van der Waals surface area contributed by atoms with Crippen molar-refractivity contribution in [2.24, 2.45) is 5.73 Å². The molecule has 3 aromatic rings. The molecule has 0 saturated heterocycles. The Bertz CT molecular complexity index is 1200. The van der Waals surface area contributed by atoms with Gasteiger partial charge in [0.1, 0.15) is 17.4 Å². The van der Waals surface area contributed by atoms with Gasteiger partial charge in [0.25, 0.3) is 0 Å². The molecule has 2 heterocycles. The fourth-order valence-electron chi connectivity index (χ4n) is 3.66. The lowest BCUT2D eigenvalue weighted by molar-refractivity contribution is 0.338. The first-order valence-electron chi connectivity index (χ1n) is 9.27. The predicted molar refractivity (Wildman–Crippen MR) is 111 cm³/mol. The van der Waals surface area contributed by atoms with Crippen molar-refractivity contribution in [1.82, 2.24) is 10.2 Å². The Hall–Kier alpha value is -4.32. The Morgan fingerprint density at radius 2 is 1.84 bits per heavy atom. The summed E-state index contributed by atoms with van der Waals surface area (Å²) in [5.74, 6) is 0.487. The second-order valence-electron chi connectivity index (χ2n) is 6.75. The first-order valence-corrected chi connectivity index (χ1v) is 9.27. The molecule has 0 saturated carbocycles. The van der Waals surface area contributed by atoms with Gasteiger partial charge < -0.3 is 29.8 Å². The van der Waals surface area contributed by atoms with Crippen molar-refractivity contribution in [3.8, 4) is 46.2 Å². The molecule has 9 heteroatoms. The van der Waals surface area contributed by atoms with Crippen LogP contribution < -0.4 is 24.7 Å². The third-order valence-corrected chi connectivity index (χ3v) is 5.13. The molecule has 0 fully saturated rings. The number of phenolic OH excluding ortho intramolecular Hbond substituents is 1. The highest BCUT2D eigenvalue weighted by Gasteiger charge is 2.36. The van der Waals surface area contributed by atoms with Crippen LogP contribution in [0.4, 0.5) is 0 Å². The summed E-state index contributed by atoms with van der Waals surface area (Å²) in [6.45, 7) is 0. The number of rotatable bonds is 5. The van der Waals surface area contributed by atoms with Gasteiger partial charge >= 0.3 is 0 Å². The van der Waals surface area contributed by atoms with Crippen LogP contribution in [-0.2, 0) is 0 Å². The minimum atomic E-state index is -0.642. The average molecular weight is 420 g/mol. The summed E-state index contributed by atoms with van der Waals surface area (Å²) < 4.78 is 21.6. The summed E-state index contributed by atoms with van der Waals surface area (Å²) in [4.78, 5) is 0. The van der Waals surface area contributed by atoms with E-state index in [1.54, 1.807) is 19.2 Å². The van der Waals surface area contributed by atoms with E-state index in [2.05, 4.69) is 16.3 Å². The molecule has 0 bridgehead atoms. The topological polar surface area (TPSA) is 136 Å². The Morgan fingerprint density at radius 1 is 1.13 bits per heavy atom. The number of aromatic hydroxyl groups is 1. The van der Waals surface area contributed by atoms with E-state index in [4.69, 9.17) is 24.7 Å². The molecule has 0 unspecified atom stereocenters. The average Bonchev–Trinajstić information content (AvgIpc) is 3.21. The Balaban J connectivity index is 1.98. The molecule has 0 aliphatic carbocycles. The second kappa shape index (κ2) is 7.84. The maximum atomic E-state index is 10.3. The number of aromatic nitrogens is 2. The van der Waals surface area contributed by atoms with Crippen molar-refractivity contribution >= 4 is 0 Å². The van der Waals surface area contributed by atoms with Gasteiger partial charge in [-0.25, -0.2) is 0 Å². The summed E-state index contributed by atoms with van der Waals surface area (Å²) in [7, 11) is 4.45. The van der Waals surface area contributed by atoms with Crippen LogP contribution >= 0.6 is 0 Å². The van der Waals surface area contributed by atoms with Crippen molar-refractivity contribution in [1.29, 1.82) is 5.26 Å². The maximum absolute atomic E-state index is 10.3. The lowest BCUT2D eigenvalue weighted by atomic mass is 9.82. The molecule has 4 N–H and O–H groups in total. The summed E-state index contributed by atoms with van der Waals surface area (Å²) >= 11 is 0. The fourth-order valence-corrected chi connectivity index (χ4v) is 3.66. The number of allylic oxidation sites excluding steroid dienone is 1. The zero-order valence-corrected chi connectivity index (χ0v) is 17.1. The van der Waals surface area contributed by atoms with Crippen molar-refractivity contribution in [2.75, 3.05) is 21.3 Å². The molecule has 0 spiro atoms. The summed E-state index contributed by atoms with van der Waals surface area (Å²) in [6.07, 6.45) is 0. The van der Waals surface area contributed by atoms with Gasteiger partial charge in [0.15, 0.2) is 11.5 Å². The third-order valence-electron chi connectivity index (χ3n) is 5.13. The minimum absolute atomic E-state index is 0.0466. The van der Waals surface area contributed by atoms with Gasteiger partial charge in [-0.3, -0.25) is 5.10 Å². The molecular weight excluding hydrogens is 400 g/mol. The Labute approximate surface area is 178 Å². The SMILES string of the molecule is COc1cccc(-c2[nH]nc3c2[C@H](c2cc(OC)c(O)c(OC)c2)C(C#N)=C(N)O3)c1. The van der Waals surface area contributed by atoms with Gasteiger partial charge in [-0.05, 0) is 29.8 Å². The Morgan fingerprint density at radius 3 is 2.45 bits per heavy atom. The van der Waals surface area contributed by atoms with Gasteiger partial charge in [-0.2, -0.15) is 5.26 Å². The van der Waals surface area contributed by atoms with Gasteiger partial charge in [0.2, 0.25) is 17.5 Å². The zero-order valence-electron chi connectivity index (χ0n) is 17.1. The number of methoxy groups -OCH3 is 3. The van der Waals surface area contributed by atoms with E-state index in [1.165, 1.54) is 14.2 Å². The normalized spacial score (nSPS) is 15.0. The summed E-state index contributed by atoms with van der Waals surface area (Å²) in [5.41, 5.74) is 8.91. The number of hydrogen-bond acceptors (Lipinski definition) is 8. The van der Waals surface area contributed by atoms with Crippen molar-refractivity contribution in [3.63, 3.8) is 0 Å². The molecule has 1 aromatic heterocycles. The van der Waals surface area contributed by atoms with Crippen LogP contribution in [-0.4, -0.2) is 36.6 Å². The van der Waals surface area contributed by atoms with Crippen molar-refractivity contribution < 1.29 is 24.1 Å². The van der Waals surface area contributed by atoms with Gasteiger partial charge in [-0.1, -0.05) is 12.1 Å². The second-order valence-corrected chi connectivity index (χ2v) is 6.75. The molecular formula is C22H20N4O5. The quantitative estimate of drug-likeness (QED) is 0.573. The molecule has 2 aromatic carbocycles. The first-order chi connectivity index (χ1) is 15.0. The van der Waals surface area contributed by atoms with E-state index < -0.39 is 5.92 Å². The molecule has 0 radical (unpaired) electrons. The molecule has 9 nitrogen and oxygen atoms in total. The standard InChI is InChI=1S/C22H20N4O5/c1-28-13-6-4-5-11(7-13)19-18-17(14(10-23)21(24)31-22(18)26-25-19)12-8-15(29-2)20(27)16(9-12)30-3/h4-9,17,27H,24H2,1-3H3,(H,25,26)/t17-/m1/s1. The number of fused-ring (bicyclic) bond motifs is 1. The van der Waals surface area contributed by atoms with E-state index in [1.807, 2.05) is 24.3 Å². The Kier molecular flexibility index (Phi) is 5.05. The van der Waals surface area contributed by atoms with Crippen LogP contribution in [0.25, 0.3) is 11.3 Å². The number of ether oxygens (including phenoxy) is 4. The largest absolute Gasteiger partial charge is 0.502 e. The molecule has 158 valence electrons. The summed E-state index contributed by atoms with van der Waals surface area (Å²) in [5, 5.41) is 27.4. The monoisotopic (exact) mass is 420 g/mol. The highest BCUT2D eigenvalue weighted by molar-refractivity contribution is 5.72. The van der Waals surface area contributed by atoms with E-state index >= 15 is 0 Å². The first kappa shape index (κ1) is 20.0. The van der Waals surface area contributed by atoms with E-state index in [0.29, 0.717) is 22.6 Å². The van der Waals surface area contributed by atoms with Gasteiger partial charge in [-0.15, -0.1) is 5.10 Å². The maximum Gasteiger partial charge on any atom is 0.244 e. The van der Waals surface area contributed by atoms with E-state index in [-0.39, 0.29) is 34.6 Å².